The number of rotatable bonds is 2. The summed E-state index contributed by atoms with van der Waals surface area (Å²) in [6.07, 6.45) is 2.33. The van der Waals surface area contributed by atoms with E-state index in [1.807, 2.05) is 34.4 Å². The first-order valence-corrected chi connectivity index (χ1v) is 10.2. The quantitative estimate of drug-likeness (QED) is 0.421. The molecule has 2 aliphatic heterocycles. The maximum Gasteiger partial charge on any atom is 0.238 e. The number of nitrogens with zero attached hydrogens (tertiary/aromatic N) is 6. The van der Waals surface area contributed by atoms with Gasteiger partial charge in [-0.2, -0.15) is 0 Å². The molecular weight excluding hydrogens is 419 g/mol. The van der Waals surface area contributed by atoms with E-state index in [2.05, 4.69) is 15.3 Å². The molecule has 9 heteroatoms. The molecule has 4 aromatic rings. The van der Waals surface area contributed by atoms with Crippen LogP contribution in [0.3, 0.4) is 0 Å². The molecule has 2 aromatic heterocycles. The van der Waals surface area contributed by atoms with E-state index in [-0.39, 0.29) is 11.9 Å². The van der Waals surface area contributed by atoms with Crippen molar-refractivity contribution < 1.29 is 9.13 Å². The van der Waals surface area contributed by atoms with Crippen LogP contribution >= 0.6 is 11.6 Å². The van der Waals surface area contributed by atoms with Crippen molar-refractivity contribution in [3.05, 3.63) is 88.0 Å². The molecule has 0 bridgehead atoms. The smallest absolute Gasteiger partial charge is 0.238 e. The molecule has 0 spiro atoms. The average molecular weight is 435 g/mol. The molecule has 0 saturated heterocycles. The molecular formula is C22H16ClFN6O. The van der Waals surface area contributed by atoms with Crippen molar-refractivity contribution >= 4 is 17.5 Å². The van der Waals surface area contributed by atoms with Gasteiger partial charge in [0.05, 0.1) is 28.5 Å². The first-order valence-electron chi connectivity index (χ1n) is 9.82. The number of aryl methyl sites for hydroxylation is 1. The molecule has 31 heavy (non-hydrogen) atoms. The van der Waals surface area contributed by atoms with Gasteiger partial charge >= 0.3 is 0 Å². The first kappa shape index (κ1) is 18.3. The van der Waals surface area contributed by atoms with E-state index >= 15 is 0 Å². The molecule has 0 aliphatic carbocycles. The Hall–Kier alpha value is -3.52. The predicted octanol–water partition coefficient (Wildman–Crippen LogP) is 3.98. The van der Waals surface area contributed by atoms with Crippen LogP contribution < -0.4 is 0 Å². The van der Waals surface area contributed by atoms with E-state index in [1.54, 1.807) is 18.5 Å². The molecule has 7 nitrogen and oxygen atoms in total. The van der Waals surface area contributed by atoms with Gasteiger partial charge in [-0.1, -0.05) is 28.9 Å². The number of hydrogen-bond acceptors (Lipinski definition) is 5. The second-order valence-electron chi connectivity index (χ2n) is 7.57. The van der Waals surface area contributed by atoms with E-state index in [9.17, 15) is 4.39 Å². The van der Waals surface area contributed by atoms with Gasteiger partial charge in [0.25, 0.3) is 0 Å². The summed E-state index contributed by atoms with van der Waals surface area (Å²) in [5.74, 6) is 0.211. The summed E-state index contributed by atoms with van der Waals surface area (Å²) in [5.41, 5.74) is 6.05. The number of halogens is 2. The highest BCUT2D eigenvalue weighted by Gasteiger charge is 2.30. The first-order chi connectivity index (χ1) is 15.1. The molecule has 1 atom stereocenters. The van der Waals surface area contributed by atoms with Gasteiger partial charge in [-0.15, -0.1) is 5.10 Å². The molecule has 0 unspecified atom stereocenters. The molecule has 2 aromatic carbocycles. The van der Waals surface area contributed by atoms with Crippen molar-refractivity contribution in [1.82, 2.24) is 24.5 Å². The highest BCUT2D eigenvalue weighted by atomic mass is 35.5. The van der Waals surface area contributed by atoms with Crippen molar-refractivity contribution in [3.8, 4) is 11.4 Å². The molecule has 2 aliphatic rings. The summed E-state index contributed by atoms with van der Waals surface area (Å²) >= 11 is 6.27. The van der Waals surface area contributed by atoms with Gasteiger partial charge in [-0.25, -0.2) is 19.0 Å². The monoisotopic (exact) mass is 434 g/mol. The molecule has 0 radical (unpaired) electrons. The fraction of sp³-hybridized carbons (Fsp3) is 0.182. The van der Waals surface area contributed by atoms with E-state index in [0.717, 1.165) is 34.0 Å². The van der Waals surface area contributed by atoms with Crippen molar-refractivity contribution in [3.63, 3.8) is 0 Å². The molecule has 0 fully saturated rings. The zero-order valence-electron chi connectivity index (χ0n) is 16.5. The van der Waals surface area contributed by atoms with Crippen molar-refractivity contribution in [2.45, 2.75) is 19.4 Å². The number of ether oxygens (including phenoxy) is 1. The zero-order valence-corrected chi connectivity index (χ0v) is 17.2. The molecule has 154 valence electrons. The van der Waals surface area contributed by atoms with Crippen molar-refractivity contribution in [1.29, 1.82) is 0 Å². The van der Waals surface area contributed by atoms with Crippen LogP contribution in [0.15, 0.2) is 53.8 Å². The van der Waals surface area contributed by atoms with Gasteiger partial charge < -0.3 is 4.74 Å². The minimum Gasteiger partial charge on any atom is -0.474 e. The lowest BCUT2D eigenvalue weighted by Gasteiger charge is -2.10. The Morgan fingerprint density at radius 3 is 2.77 bits per heavy atom. The number of fused-ring (bicyclic) bond motifs is 5. The SMILES string of the molecule is Cc1nnn2c1Cc1c(C3=N[C@@H](c4ccc(F)cc4)CO3)ncn1-c1ccc(Cl)cc1-2. The van der Waals surface area contributed by atoms with Gasteiger partial charge in [0, 0.05) is 11.4 Å². The maximum absolute atomic E-state index is 13.3. The number of aromatic nitrogens is 5. The van der Waals surface area contributed by atoms with Crippen LogP contribution in [0.2, 0.25) is 5.02 Å². The highest BCUT2D eigenvalue weighted by molar-refractivity contribution is 6.30. The second-order valence-corrected chi connectivity index (χ2v) is 8.00. The topological polar surface area (TPSA) is 70.1 Å². The lowest BCUT2D eigenvalue weighted by molar-refractivity contribution is 0.319. The van der Waals surface area contributed by atoms with Gasteiger partial charge in [-0.3, -0.25) is 4.57 Å². The van der Waals surface area contributed by atoms with Gasteiger partial charge in [0.1, 0.15) is 30.5 Å². The highest BCUT2D eigenvalue weighted by Crippen LogP contribution is 2.33. The van der Waals surface area contributed by atoms with Crippen LogP contribution in [0.5, 0.6) is 0 Å². The van der Waals surface area contributed by atoms with Crippen LogP contribution in [0.4, 0.5) is 4.39 Å². The number of imidazole rings is 1. The molecule has 6 rings (SSSR count). The van der Waals surface area contributed by atoms with E-state index in [4.69, 9.17) is 21.3 Å². The number of aliphatic imine (C=N–C) groups is 1. The molecule has 0 amide bonds. The Morgan fingerprint density at radius 1 is 1.10 bits per heavy atom. The third-order valence-corrected chi connectivity index (χ3v) is 5.93. The van der Waals surface area contributed by atoms with E-state index < -0.39 is 0 Å². The standard InChI is InChI=1S/C22H16ClFN6O/c1-12-18-9-20-21(22-26-16(10-31-22)13-2-5-15(24)6-3-13)25-11-29(20)17-7-4-14(23)8-19(17)30(18)28-27-12/h2-8,11,16H,9-10H2,1H3/t16-/m1/s1. The van der Waals surface area contributed by atoms with Crippen molar-refractivity contribution in [2.24, 2.45) is 4.99 Å². The fourth-order valence-electron chi connectivity index (χ4n) is 4.09. The summed E-state index contributed by atoms with van der Waals surface area (Å²) in [6.45, 7) is 2.32. The van der Waals surface area contributed by atoms with E-state index in [0.29, 0.717) is 29.6 Å². The minimum atomic E-state index is -0.273. The van der Waals surface area contributed by atoms with E-state index in [1.165, 1.54) is 12.1 Å². The summed E-state index contributed by atoms with van der Waals surface area (Å²) in [7, 11) is 0. The molecule has 0 N–H and O–H groups in total. The van der Waals surface area contributed by atoms with Gasteiger partial charge in [0.2, 0.25) is 5.90 Å². The van der Waals surface area contributed by atoms with Crippen molar-refractivity contribution in [2.75, 3.05) is 6.61 Å². The molecule has 4 heterocycles. The summed E-state index contributed by atoms with van der Waals surface area (Å²) in [4.78, 5) is 9.38. The summed E-state index contributed by atoms with van der Waals surface area (Å²) in [6, 6.07) is 11.8. The van der Waals surface area contributed by atoms with Crippen LogP contribution in [0, 0.1) is 12.7 Å². The maximum atomic E-state index is 13.3. The number of benzene rings is 2. The van der Waals surface area contributed by atoms with Crippen LogP contribution in [-0.4, -0.2) is 37.0 Å². The average Bonchev–Trinajstić information content (AvgIpc) is 3.47. The lowest BCUT2D eigenvalue weighted by atomic mass is 10.1. The molecule has 0 saturated carbocycles. The van der Waals surface area contributed by atoms with Crippen LogP contribution in [0.1, 0.15) is 34.4 Å². The lowest BCUT2D eigenvalue weighted by Crippen LogP contribution is -2.08. The Bertz CT molecular complexity index is 1360. The fourth-order valence-corrected chi connectivity index (χ4v) is 4.26. The zero-order chi connectivity index (χ0) is 21.1. The van der Waals surface area contributed by atoms with Crippen LogP contribution in [-0.2, 0) is 11.2 Å². The third kappa shape index (κ3) is 2.86. The normalized spacial score (nSPS) is 16.7. The minimum absolute atomic E-state index is 0.196. The Kier molecular flexibility index (Phi) is 3.97. The predicted molar refractivity (Wildman–Crippen MR) is 113 cm³/mol. The Labute approximate surface area is 181 Å². The Morgan fingerprint density at radius 2 is 1.94 bits per heavy atom. The summed E-state index contributed by atoms with van der Waals surface area (Å²) in [5, 5.41) is 9.21. The summed E-state index contributed by atoms with van der Waals surface area (Å²) < 4.78 is 23.0. The Balaban J connectivity index is 1.48. The second kappa shape index (κ2) is 6.75. The third-order valence-electron chi connectivity index (χ3n) is 5.69. The largest absolute Gasteiger partial charge is 0.474 e. The van der Waals surface area contributed by atoms with Gasteiger partial charge in [-0.05, 0) is 42.8 Å². The van der Waals surface area contributed by atoms with Crippen LogP contribution in [0.25, 0.3) is 11.4 Å². The van der Waals surface area contributed by atoms with Gasteiger partial charge in [0.15, 0.2) is 0 Å². The number of hydrogen-bond donors (Lipinski definition) is 0.